The molecule has 20 heavy (non-hydrogen) atoms. The molecule has 3 rings (SSSR count). The van der Waals surface area contributed by atoms with Crippen LogP contribution in [0.15, 0.2) is 59.4 Å². The van der Waals surface area contributed by atoms with Crippen molar-refractivity contribution < 1.29 is 4.79 Å². The number of nitrogens with one attached hydrogen (secondary N) is 1. The molecule has 2 unspecified atom stereocenters. The predicted octanol–water partition coefficient (Wildman–Crippen LogP) is 2.46. The Morgan fingerprint density at radius 1 is 1.30 bits per heavy atom. The van der Waals surface area contributed by atoms with E-state index in [-0.39, 0.29) is 18.0 Å². The van der Waals surface area contributed by atoms with E-state index in [0.29, 0.717) is 6.42 Å². The lowest BCUT2D eigenvalue weighted by atomic mass is 9.94. The molecule has 0 bridgehead atoms. The summed E-state index contributed by atoms with van der Waals surface area (Å²) in [6.07, 6.45) is 7.98. The highest BCUT2D eigenvalue weighted by Gasteiger charge is 2.35. The van der Waals surface area contributed by atoms with Crippen molar-refractivity contribution in [2.45, 2.75) is 19.5 Å². The molecule has 0 spiro atoms. The zero-order valence-corrected chi connectivity index (χ0v) is 11.4. The maximum absolute atomic E-state index is 12.2. The molecule has 4 nitrogen and oxygen atoms in total. The van der Waals surface area contributed by atoms with Crippen LogP contribution in [-0.2, 0) is 4.79 Å². The fourth-order valence-corrected chi connectivity index (χ4v) is 2.71. The lowest BCUT2D eigenvalue weighted by Crippen LogP contribution is -2.55. The summed E-state index contributed by atoms with van der Waals surface area (Å²) < 4.78 is 0. The molecule has 1 aromatic carbocycles. The average molecular weight is 267 g/mol. The monoisotopic (exact) mass is 267 g/mol. The molecule has 2 aliphatic heterocycles. The van der Waals surface area contributed by atoms with E-state index in [4.69, 9.17) is 0 Å². The lowest BCUT2D eigenvalue weighted by Gasteiger charge is -2.41. The minimum absolute atomic E-state index is 0.0655. The van der Waals surface area contributed by atoms with Gasteiger partial charge < -0.3 is 10.2 Å². The van der Waals surface area contributed by atoms with Crippen LogP contribution < -0.4 is 10.2 Å². The molecule has 0 aliphatic carbocycles. The second-order valence-electron chi connectivity index (χ2n) is 4.95. The number of aliphatic imine (C=N–C) groups is 1. The molecule has 0 radical (unpaired) electrons. The minimum atomic E-state index is -0.158. The maximum Gasteiger partial charge on any atom is 0.230 e. The number of rotatable bonds is 1. The number of fused-ring (bicyclic) bond motifs is 1. The smallest absolute Gasteiger partial charge is 0.230 e. The minimum Gasteiger partial charge on any atom is -0.335 e. The number of allylic oxidation sites excluding steroid dienone is 2. The average Bonchev–Trinajstić information content (AvgIpc) is 2.41. The molecule has 1 aromatic rings. The molecule has 1 saturated heterocycles. The van der Waals surface area contributed by atoms with Crippen molar-refractivity contribution >= 4 is 17.8 Å². The Morgan fingerprint density at radius 2 is 2.10 bits per heavy atom. The summed E-state index contributed by atoms with van der Waals surface area (Å²) >= 11 is 0. The third kappa shape index (κ3) is 2.25. The number of para-hydroxylation sites is 1. The SMILES string of the molecule is CC1NC(=O)C2C\C=C/N=C\C=C/2N1c1ccccc1. The number of amides is 1. The van der Waals surface area contributed by atoms with Gasteiger partial charge in [0.05, 0.1) is 5.92 Å². The molecular formula is C16H17N3O. The van der Waals surface area contributed by atoms with Crippen molar-refractivity contribution in [3.63, 3.8) is 0 Å². The third-order valence-electron chi connectivity index (χ3n) is 3.62. The van der Waals surface area contributed by atoms with Crippen LogP contribution in [0.1, 0.15) is 13.3 Å². The quantitative estimate of drug-likeness (QED) is 0.849. The van der Waals surface area contributed by atoms with Gasteiger partial charge in [0.15, 0.2) is 0 Å². The molecule has 4 heteroatoms. The molecule has 1 N–H and O–H groups in total. The Morgan fingerprint density at radius 3 is 2.90 bits per heavy atom. The third-order valence-corrected chi connectivity index (χ3v) is 3.62. The molecule has 1 fully saturated rings. The van der Waals surface area contributed by atoms with E-state index in [2.05, 4.69) is 27.3 Å². The lowest BCUT2D eigenvalue weighted by molar-refractivity contribution is -0.125. The fraction of sp³-hybridized carbons (Fsp3) is 0.250. The van der Waals surface area contributed by atoms with Gasteiger partial charge in [-0.15, -0.1) is 0 Å². The van der Waals surface area contributed by atoms with Crippen molar-refractivity contribution in [1.29, 1.82) is 0 Å². The molecule has 2 atom stereocenters. The second-order valence-corrected chi connectivity index (χ2v) is 4.95. The Bertz CT molecular complexity index is 589. The van der Waals surface area contributed by atoms with E-state index in [9.17, 15) is 4.79 Å². The summed E-state index contributed by atoms with van der Waals surface area (Å²) in [5.41, 5.74) is 2.08. The largest absolute Gasteiger partial charge is 0.335 e. The number of anilines is 1. The summed E-state index contributed by atoms with van der Waals surface area (Å²) in [5, 5.41) is 3.04. The van der Waals surface area contributed by atoms with Crippen LogP contribution in [-0.4, -0.2) is 18.3 Å². The Hall–Kier alpha value is -2.36. The van der Waals surface area contributed by atoms with Gasteiger partial charge in [-0.3, -0.25) is 9.79 Å². The summed E-state index contributed by atoms with van der Waals surface area (Å²) in [7, 11) is 0. The van der Waals surface area contributed by atoms with Gasteiger partial charge >= 0.3 is 0 Å². The van der Waals surface area contributed by atoms with Gasteiger partial charge in [0.2, 0.25) is 5.91 Å². The van der Waals surface area contributed by atoms with E-state index in [1.54, 1.807) is 12.4 Å². The van der Waals surface area contributed by atoms with E-state index in [1.165, 1.54) is 0 Å². The second kappa shape index (κ2) is 5.33. The van der Waals surface area contributed by atoms with Crippen molar-refractivity contribution in [2.75, 3.05) is 4.90 Å². The summed E-state index contributed by atoms with van der Waals surface area (Å²) in [5.74, 6) is -0.0784. The molecule has 0 aromatic heterocycles. The number of benzene rings is 1. The fourth-order valence-electron chi connectivity index (χ4n) is 2.71. The van der Waals surface area contributed by atoms with Crippen molar-refractivity contribution in [1.82, 2.24) is 5.32 Å². The molecule has 102 valence electrons. The van der Waals surface area contributed by atoms with Gasteiger partial charge in [-0.25, -0.2) is 0 Å². The van der Waals surface area contributed by atoms with Crippen LogP contribution in [0, 0.1) is 5.92 Å². The zero-order valence-electron chi connectivity index (χ0n) is 11.4. The number of hydrogen-bond donors (Lipinski definition) is 1. The highest BCUT2D eigenvalue weighted by atomic mass is 16.2. The van der Waals surface area contributed by atoms with Gasteiger partial charge in [0.1, 0.15) is 6.17 Å². The Labute approximate surface area is 118 Å². The predicted molar refractivity (Wildman–Crippen MR) is 80.3 cm³/mol. The number of hydrogen-bond acceptors (Lipinski definition) is 3. The van der Waals surface area contributed by atoms with E-state index < -0.39 is 0 Å². The highest BCUT2D eigenvalue weighted by molar-refractivity contribution is 5.88. The van der Waals surface area contributed by atoms with E-state index >= 15 is 0 Å². The van der Waals surface area contributed by atoms with Crippen LogP contribution in [0.5, 0.6) is 0 Å². The van der Waals surface area contributed by atoms with Crippen LogP contribution in [0.2, 0.25) is 0 Å². The first-order valence-electron chi connectivity index (χ1n) is 6.80. The van der Waals surface area contributed by atoms with Crippen LogP contribution in [0.3, 0.4) is 0 Å². The molecular weight excluding hydrogens is 250 g/mol. The van der Waals surface area contributed by atoms with Crippen LogP contribution in [0.4, 0.5) is 5.69 Å². The standard InChI is InChI=1S/C16H17N3O/c1-12-18-16(20)14-8-5-10-17-11-9-15(14)19(12)13-6-3-2-4-7-13/h2-7,9-12,14H,8H2,1H3,(H,18,20)/b10-5-,15-9+,17-11-. The zero-order chi connectivity index (χ0) is 13.9. The molecule has 2 aliphatic rings. The summed E-state index contributed by atoms with van der Waals surface area (Å²) in [6, 6.07) is 10.1. The molecule has 1 amide bonds. The number of nitrogens with zero attached hydrogens (tertiary/aromatic N) is 2. The number of carbonyl (C=O) groups excluding carboxylic acids is 1. The summed E-state index contributed by atoms with van der Waals surface area (Å²) in [6.45, 7) is 1.99. The normalized spacial score (nSPS) is 31.1. The molecule has 0 saturated carbocycles. The van der Waals surface area contributed by atoms with Gasteiger partial charge in [-0.05, 0) is 31.6 Å². The maximum atomic E-state index is 12.2. The first-order chi connectivity index (χ1) is 9.77. The van der Waals surface area contributed by atoms with Crippen molar-refractivity contribution in [3.8, 4) is 0 Å². The molecule has 2 heterocycles. The highest BCUT2D eigenvalue weighted by Crippen LogP contribution is 2.31. The Kier molecular flexibility index (Phi) is 3.37. The van der Waals surface area contributed by atoms with Gasteiger partial charge in [-0.2, -0.15) is 0 Å². The van der Waals surface area contributed by atoms with E-state index in [0.717, 1.165) is 11.4 Å². The van der Waals surface area contributed by atoms with Crippen LogP contribution >= 0.6 is 0 Å². The van der Waals surface area contributed by atoms with Crippen molar-refractivity contribution in [3.05, 3.63) is 54.4 Å². The van der Waals surface area contributed by atoms with Gasteiger partial charge in [0, 0.05) is 23.8 Å². The van der Waals surface area contributed by atoms with Crippen molar-refractivity contribution in [2.24, 2.45) is 10.9 Å². The number of carbonyl (C=O) groups is 1. The Balaban J connectivity index is 2.05. The first kappa shape index (κ1) is 12.7. The first-order valence-corrected chi connectivity index (χ1v) is 6.80. The van der Waals surface area contributed by atoms with Gasteiger partial charge in [-0.1, -0.05) is 24.3 Å². The topological polar surface area (TPSA) is 44.7 Å². The summed E-state index contributed by atoms with van der Waals surface area (Å²) in [4.78, 5) is 18.5. The van der Waals surface area contributed by atoms with E-state index in [1.807, 2.05) is 37.3 Å². The van der Waals surface area contributed by atoms with Gasteiger partial charge in [0.25, 0.3) is 0 Å². The van der Waals surface area contributed by atoms with Crippen LogP contribution in [0.25, 0.3) is 0 Å².